The van der Waals surface area contributed by atoms with Gasteiger partial charge in [-0.3, -0.25) is 0 Å². The molecule has 2 atom stereocenters. The van der Waals surface area contributed by atoms with E-state index in [4.69, 9.17) is 0 Å². The SMILES string of the molecule is CCCNc1nc(NC(C)CC(C)O)c2ccccc2n1. The molecular weight excluding hydrogens is 264 g/mol. The molecule has 0 bridgehead atoms. The molecule has 0 fully saturated rings. The van der Waals surface area contributed by atoms with Crippen molar-refractivity contribution in [2.24, 2.45) is 0 Å². The molecular formula is C16H24N4O. The van der Waals surface area contributed by atoms with Crippen LogP contribution in [0.3, 0.4) is 0 Å². The van der Waals surface area contributed by atoms with Gasteiger partial charge in [-0.05, 0) is 38.8 Å². The van der Waals surface area contributed by atoms with Gasteiger partial charge in [-0.1, -0.05) is 19.1 Å². The zero-order chi connectivity index (χ0) is 15.2. The van der Waals surface area contributed by atoms with Crippen molar-refractivity contribution in [2.45, 2.75) is 45.8 Å². The first-order chi connectivity index (χ1) is 10.1. The fraction of sp³-hybridized carbons (Fsp3) is 0.500. The fourth-order valence-electron chi connectivity index (χ4n) is 2.31. The van der Waals surface area contributed by atoms with E-state index in [0.717, 1.165) is 29.7 Å². The molecule has 1 heterocycles. The second-order valence-corrected chi connectivity index (χ2v) is 5.47. The average molecular weight is 288 g/mol. The second kappa shape index (κ2) is 7.22. The molecule has 2 rings (SSSR count). The Morgan fingerprint density at radius 3 is 2.67 bits per heavy atom. The third-order valence-corrected chi connectivity index (χ3v) is 3.21. The van der Waals surface area contributed by atoms with Gasteiger partial charge in [0, 0.05) is 18.0 Å². The molecule has 0 aliphatic rings. The van der Waals surface area contributed by atoms with E-state index >= 15 is 0 Å². The van der Waals surface area contributed by atoms with E-state index in [1.807, 2.05) is 31.2 Å². The van der Waals surface area contributed by atoms with E-state index in [0.29, 0.717) is 12.4 Å². The van der Waals surface area contributed by atoms with Crippen LogP contribution in [0.1, 0.15) is 33.6 Å². The Hall–Kier alpha value is -1.88. The Kier molecular flexibility index (Phi) is 5.33. The van der Waals surface area contributed by atoms with Crippen molar-refractivity contribution in [3.8, 4) is 0 Å². The van der Waals surface area contributed by atoms with E-state index in [1.165, 1.54) is 0 Å². The van der Waals surface area contributed by atoms with Gasteiger partial charge in [0.05, 0.1) is 11.6 Å². The van der Waals surface area contributed by atoms with E-state index in [1.54, 1.807) is 6.92 Å². The highest BCUT2D eigenvalue weighted by atomic mass is 16.3. The highest BCUT2D eigenvalue weighted by molar-refractivity contribution is 5.90. The van der Waals surface area contributed by atoms with E-state index < -0.39 is 0 Å². The summed E-state index contributed by atoms with van der Waals surface area (Å²) >= 11 is 0. The van der Waals surface area contributed by atoms with Crippen molar-refractivity contribution < 1.29 is 5.11 Å². The highest BCUT2D eigenvalue weighted by Gasteiger charge is 2.11. The van der Waals surface area contributed by atoms with Crippen LogP contribution in [0.2, 0.25) is 0 Å². The van der Waals surface area contributed by atoms with Gasteiger partial charge in [0.1, 0.15) is 5.82 Å². The number of rotatable bonds is 7. The molecule has 114 valence electrons. The summed E-state index contributed by atoms with van der Waals surface area (Å²) in [6, 6.07) is 8.09. The third-order valence-electron chi connectivity index (χ3n) is 3.21. The quantitative estimate of drug-likeness (QED) is 0.730. The Labute approximate surface area is 125 Å². The molecule has 0 radical (unpaired) electrons. The molecule has 2 aromatic rings. The molecule has 5 nitrogen and oxygen atoms in total. The monoisotopic (exact) mass is 288 g/mol. The van der Waals surface area contributed by atoms with Gasteiger partial charge in [0.15, 0.2) is 0 Å². The molecule has 5 heteroatoms. The summed E-state index contributed by atoms with van der Waals surface area (Å²) in [5, 5.41) is 17.1. The zero-order valence-corrected chi connectivity index (χ0v) is 12.9. The van der Waals surface area contributed by atoms with Crippen molar-refractivity contribution in [2.75, 3.05) is 17.2 Å². The Morgan fingerprint density at radius 1 is 1.19 bits per heavy atom. The smallest absolute Gasteiger partial charge is 0.225 e. The lowest BCUT2D eigenvalue weighted by Crippen LogP contribution is -2.21. The zero-order valence-electron chi connectivity index (χ0n) is 12.9. The van der Waals surface area contributed by atoms with Crippen molar-refractivity contribution >= 4 is 22.7 Å². The van der Waals surface area contributed by atoms with Gasteiger partial charge < -0.3 is 15.7 Å². The number of fused-ring (bicyclic) bond motifs is 1. The Morgan fingerprint density at radius 2 is 1.95 bits per heavy atom. The topological polar surface area (TPSA) is 70.1 Å². The molecule has 0 amide bonds. The molecule has 0 aliphatic heterocycles. The second-order valence-electron chi connectivity index (χ2n) is 5.47. The van der Waals surface area contributed by atoms with Gasteiger partial charge in [-0.15, -0.1) is 0 Å². The molecule has 0 spiro atoms. The van der Waals surface area contributed by atoms with Crippen LogP contribution >= 0.6 is 0 Å². The van der Waals surface area contributed by atoms with Crippen LogP contribution in [0.25, 0.3) is 10.9 Å². The molecule has 21 heavy (non-hydrogen) atoms. The lowest BCUT2D eigenvalue weighted by Gasteiger charge is -2.18. The minimum absolute atomic E-state index is 0.141. The maximum Gasteiger partial charge on any atom is 0.225 e. The summed E-state index contributed by atoms with van der Waals surface area (Å²) < 4.78 is 0. The summed E-state index contributed by atoms with van der Waals surface area (Å²) in [6.45, 7) is 6.80. The van der Waals surface area contributed by atoms with Crippen LogP contribution in [0.4, 0.5) is 11.8 Å². The normalized spacial score (nSPS) is 13.9. The van der Waals surface area contributed by atoms with Crippen LogP contribution in [0.15, 0.2) is 24.3 Å². The summed E-state index contributed by atoms with van der Waals surface area (Å²) in [6.07, 6.45) is 1.37. The first-order valence-corrected chi connectivity index (χ1v) is 7.55. The lowest BCUT2D eigenvalue weighted by molar-refractivity contribution is 0.179. The predicted octanol–water partition coefficient (Wildman–Crippen LogP) is 3.02. The maximum atomic E-state index is 9.50. The number of anilines is 2. The van der Waals surface area contributed by atoms with Crippen molar-refractivity contribution in [1.29, 1.82) is 0 Å². The third kappa shape index (κ3) is 4.29. The summed E-state index contributed by atoms with van der Waals surface area (Å²) in [7, 11) is 0. The largest absolute Gasteiger partial charge is 0.393 e. The standard InChI is InChI=1S/C16H24N4O/c1-4-9-17-16-19-14-8-6-5-7-13(14)15(20-16)18-11(2)10-12(3)21/h5-8,11-12,21H,4,9-10H2,1-3H3,(H2,17,18,19,20). The van der Waals surface area contributed by atoms with Crippen LogP contribution in [0.5, 0.6) is 0 Å². The molecule has 0 aliphatic carbocycles. The predicted molar refractivity (Wildman–Crippen MR) is 87.7 cm³/mol. The first kappa shape index (κ1) is 15.5. The van der Waals surface area contributed by atoms with Gasteiger partial charge in [0.25, 0.3) is 0 Å². The molecule has 2 unspecified atom stereocenters. The maximum absolute atomic E-state index is 9.50. The molecule has 1 aromatic carbocycles. The first-order valence-electron chi connectivity index (χ1n) is 7.55. The average Bonchev–Trinajstić information content (AvgIpc) is 2.44. The molecule has 1 aromatic heterocycles. The number of aliphatic hydroxyl groups is 1. The number of aromatic nitrogens is 2. The van der Waals surface area contributed by atoms with Crippen LogP contribution in [-0.2, 0) is 0 Å². The molecule has 3 N–H and O–H groups in total. The summed E-state index contributed by atoms with van der Waals surface area (Å²) in [4.78, 5) is 9.10. The van der Waals surface area contributed by atoms with Crippen molar-refractivity contribution in [3.05, 3.63) is 24.3 Å². The van der Waals surface area contributed by atoms with Crippen LogP contribution < -0.4 is 10.6 Å². The number of nitrogens with one attached hydrogen (secondary N) is 2. The van der Waals surface area contributed by atoms with Crippen LogP contribution in [0, 0.1) is 0 Å². The number of benzene rings is 1. The van der Waals surface area contributed by atoms with Gasteiger partial charge in [-0.2, -0.15) is 4.98 Å². The summed E-state index contributed by atoms with van der Waals surface area (Å²) in [5.41, 5.74) is 0.915. The number of para-hydroxylation sites is 1. The van der Waals surface area contributed by atoms with Gasteiger partial charge >= 0.3 is 0 Å². The highest BCUT2D eigenvalue weighted by Crippen LogP contribution is 2.23. The lowest BCUT2D eigenvalue weighted by atomic mass is 10.1. The van der Waals surface area contributed by atoms with Crippen molar-refractivity contribution in [3.63, 3.8) is 0 Å². The number of hydrogen-bond donors (Lipinski definition) is 3. The molecule has 0 saturated carbocycles. The van der Waals surface area contributed by atoms with Gasteiger partial charge in [0.2, 0.25) is 5.95 Å². The van der Waals surface area contributed by atoms with E-state index in [9.17, 15) is 5.11 Å². The minimum Gasteiger partial charge on any atom is -0.393 e. The Bertz CT molecular complexity index is 585. The Balaban J connectivity index is 2.30. The molecule has 0 saturated heterocycles. The summed E-state index contributed by atoms with van der Waals surface area (Å²) in [5.74, 6) is 1.45. The van der Waals surface area contributed by atoms with Crippen molar-refractivity contribution in [1.82, 2.24) is 9.97 Å². The fourth-order valence-corrected chi connectivity index (χ4v) is 2.31. The van der Waals surface area contributed by atoms with Gasteiger partial charge in [-0.25, -0.2) is 4.98 Å². The number of nitrogens with zero attached hydrogens (tertiary/aromatic N) is 2. The number of aliphatic hydroxyl groups excluding tert-OH is 1. The minimum atomic E-state index is -0.335. The van der Waals surface area contributed by atoms with E-state index in [2.05, 4.69) is 27.5 Å². The van der Waals surface area contributed by atoms with E-state index in [-0.39, 0.29) is 12.1 Å². The number of hydrogen-bond acceptors (Lipinski definition) is 5. The van der Waals surface area contributed by atoms with Crippen LogP contribution in [-0.4, -0.2) is 33.8 Å².